The van der Waals surface area contributed by atoms with Gasteiger partial charge in [-0.25, -0.2) is 0 Å². The Balaban J connectivity index is 1.63. The lowest BCUT2D eigenvalue weighted by Gasteiger charge is -2.29. The molecule has 0 radical (unpaired) electrons. The van der Waals surface area contributed by atoms with Gasteiger partial charge in [0.25, 0.3) is 5.91 Å². The Morgan fingerprint density at radius 3 is 2.30 bits per heavy atom. The predicted octanol–water partition coefficient (Wildman–Crippen LogP) is 0.216. The Morgan fingerprint density at radius 1 is 1.00 bits per heavy atom. The first-order chi connectivity index (χ1) is 14.7. The molecule has 6 nitrogen and oxygen atoms in total. The van der Waals surface area contributed by atoms with Gasteiger partial charge in [0.15, 0.2) is 0 Å². The quantitative estimate of drug-likeness (QED) is 0.423. The van der Waals surface area contributed by atoms with E-state index in [1.807, 2.05) is 36.4 Å². The van der Waals surface area contributed by atoms with Gasteiger partial charge in [0.1, 0.15) is 13.1 Å². The maximum atomic E-state index is 13.2. The zero-order valence-corrected chi connectivity index (χ0v) is 16.9. The van der Waals surface area contributed by atoms with Crippen LogP contribution >= 0.6 is 0 Å². The van der Waals surface area contributed by atoms with E-state index in [-0.39, 0.29) is 11.3 Å². The van der Waals surface area contributed by atoms with Crippen molar-refractivity contribution in [2.45, 2.75) is 12.5 Å². The first-order valence-electron chi connectivity index (χ1n) is 10.4. The molecule has 1 amide bonds. The van der Waals surface area contributed by atoms with Crippen molar-refractivity contribution in [3.05, 3.63) is 77.4 Å². The number of hydrogen-bond acceptors (Lipinski definition) is 4. The average molecular weight is 406 g/mol. The van der Waals surface area contributed by atoms with Crippen LogP contribution < -0.4 is 10.0 Å². The third-order valence-electron chi connectivity index (χ3n) is 5.81. The molecule has 6 heteroatoms. The molecule has 1 atom stereocenters. The van der Waals surface area contributed by atoms with Crippen molar-refractivity contribution in [1.82, 2.24) is 4.90 Å². The lowest BCUT2D eigenvalue weighted by molar-refractivity contribution is -0.908. The molecule has 0 bridgehead atoms. The van der Waals surface area contributed by atoms with E-state index in [0.717, 1.165) is 44.8 Å². The van der Waals surface area contributed by atoms with Crippen molar-refractivity contribution in [2.24, 2.45) is 0 Å². The number of benzene rings is 2. The van der Waals surface area contributed by atoms with Crippen LogP contribution in [-0.4, -0.2) is 56.0 Å². The fourth-order valence-electron chi connectivity index (χ4n) is 4.24. The summed E-state index contributed by atoms with van der Waals surface area (Å²) in [6, 6.07) is 17.4. The molecule has 2 aromatic carbocycles. The first kappa shape index (κ1) is 20.3. The van der Waals surface area contributed by atoms with E-state index in [4.69, 9.17) is 4.74 Å². The maximum absolute atomic E-state index is 13.2. The number of nitrogens with one attached hydrogen (secondary N) is 1. The van der Waals surface area contributed by atoms with Gasteiger partial charge in [-0.3, -0.25) is 9.59 Å². The number of rotatable bonds is 6. The van der Waals surface area contributed by atoms with Crippen molar-refractivity contribution >= 4 is 17.4 Å². The summed E-state index contributed by atoms with van der Waals surface area (Å²) in [5.74, 6) is -1.64. The molecule has 2 aromatic rings. The van der Waals surface area contributed by atoms with E-state index in [9.17, 15) is 14.7 Å². The van der Waals surface area contributed by atoms with Crippen LogP contribution in [0.4, 0.5) is 0 Å². The summed E-state index contributed by atoms with van der Waals surface area (Å²) in [7, 11) is 0. The number of hydrogen-bond donors (Lipinski definition) is 1. The molecule has 4 rings (SSSR count). The van der Waals surface area contributed by atoms with Crippen molar-refractivity contribution in [3.8, 4) is 0 Å². The van der Waals surface area contributed by atoms with Gasteiger partial charge >= 0.3 is 0 Å². The molecule has 2 aliphatic rings. The Hall–Kier alpha value is -2.96. The highest BCUT2D eigenvalue weighted by molar-refractivity contribution is 6.46. The number of ketones is 1. The molecule has 0 saturated carbocycles. The van der Waals surface area contributed by atoms with Crippen LogP contribution in [-0.2, 0) is 14.3 Å². The van der Waals surface area contributed by atoms with Gasteiger partial charge in [-0.15, -0.1) is 0 Å². The Bertz CT molecular complexity index is 921. The minimum absolute atomic E-state index is 0.0520. The number of morpholine rings is 1. The summed E-state index contributed by atoms with van der Waals surface area (Å²) in [6.45, 7) is 4.78. The van der Waals surface area contributed by atoms with E-state index in [1.165, 1.54) is 4.90 Å². The van der Waals surface area contributed by atoms with Gasteiger partial charge in [0.2, 0.25) is 5.78 Å². The Labute approximate surface area is 176 Å². The van der Waals surface area contributed by atoms with Crippen LogP contribution in [0.15, 0.2) is 66.2 Å². The second-order valence-electron chi connectivity index (χ2n) is 7.72. The van der Waals surface area contributed by atoms with Crippen molar-refractivity contribution in [3.63, 3.8) is 0 Å². The van der Waals surface area contributed by atoms with E-state index in [0.29, 0.717) is 12.1 Å². The summed E-state index contributed by atoms with van der Waals surface area (Å²) in [5.41, 5.74) is 1.26. The van der Waals surface area contributed by atoms with Crippen LogP contribution in [0.2, 0.25) is 0 Å². The molecule has 2 fully saturated rings. The van der Waals surface area contributed by atoms with Crippen LogP contribution in [0.5, 0.6) is 0 Å². The fourth-order valence-corrected chi connectivity index (χ4v) is 4.24. The molecule has 156 valence electrons. The third-order valence-corrected chi connectivity index (χ3v) is 5.81. The van der Waals surface area contributed by atoms with E-state index < -0.39 is 17.7 Å². The van der Waals surface area contributed by atoms with Crippen LogP contribution in [0, 0.1) is 0 Å². The van der Waals surface area contributed by atoms with Crippen molar-refractivity contribution in [1.29, 1.82) is 0 Å². The number of amides is 1. The number of likely N-dealkylation sites (tertiary alicyclic amines) is 1. The lowest BCUT2D eigenvalue weighted by Crippen LogP contribution is -3.14. The van der Waals surface area contributed by atoms with Gasteiger partial charge in [-0.2, -0.15) is 0 Å². The Kier molecular flexibility index (Phi) is 6.26. The molecule has 0 aromatic heterocycles. The fraction of sp³-hybridized carbons (Fsp3) is 0.333. The number of Topliss-reactive ketones (excluding diaryl/α,β-unsaturated/α-hetero) is 1. The van der Waals surface area contributed by atoms with Crippen LogP contribution in [0.3, 0.4) is 0 Å². The summed E-state index contributed by atoms with van der Waals surface area (Å²) >= 11 is 0. The van der Waals surface area contributed by atoms with E-state index in [1.54, 1.807) is 29.2 Å². The largest absolute Gasteiger partial charge is 0.872 e. The van der Waals surface area contributed by atoms with Gasteiger partial charge < -0.3 is 19.6 Å². The molecule has 1 N–H and O–H groups in total. The standard InChI is InChI=1S/C24H26N2O4/c27-22(19-10-5-2-6-11-19)20-21(18-8-3-1-4-9-18)26(24(29)23(20)28)13-7-12-25-14-16-30-17-15-25/h1-6,8-11,21,27H,7,12-17H2/b22-20+. The number of quaternary nitrogens is 1. The number of ether oxygens (including phenoxy) is 1. The number of nitrogens with zero attached hydrogens (tertiary/aromatic N) is 1. The zero-order chi connectivity index (χ0) is 20.9. The van der Waals surface area contributed by atoms with E-state index in [2.05, 4.69) is 0 Å². The lowest BCUT2D eigenvalue weighted by atomic mass is 9.95. The molecule has 1 unspecified atom stereocenters. The normalized spacial score (nSPS) is 21.9. The van der Waals surface area contributed by atoms with Crippen molar-refractivity contribution < 1.29 is 24.3 Å². The summed E-state index contributed by atoms with van der Waals surface area (Å²) < 4.78 is 5.40. The summed E-state index contributed by atoms with van der Waals surface area (Å²) in [6.07, 6.45) is 0.768. The van der Waals surface area contributed by atoms with Crippen molar-refractivity contribution in [2.75, 3.05) is 39.4 Å². The average Bonchev–Trinajstić information content (AvgIpc) is 3.05. The molecular weight excluding hydrogens is 380 g/mol. The van der Waals surface area contributed by atoms with Gasteiger partial charge in [0.05, 0.1) is 25.8 Å². The molecule has 2 heterocycles. The minimum atomic E-state index is -0.684. The molecule has 2 aliphatic heterocycles. The number of carbonyl (C=O) groups excluding carboxylic acids is 2. The maximum Gasteiger partial charge on any atom is 0.295 e. The molecule has 30 heavy (non-hydrogen) atoms. The molecule has 0 spiro atoms. The molecule has 0 aliphatic carbocycles. The van der Waals surface area contributed by atoms with Gasteiger partial charge in [0, 0.05) is 18.5 Å². The highest BCUT2D eigenvalue weighted by Gasteiger charge is 2.43. The SMILES string of the molecule is O=C1C(=O)N(CCC[NH+]2CCOCC2)C(c2ccccc2)/C1=C(\[O-])c1ccccc1. The highest BCUT2D eigenvalue weighted by Crippen LogP contribution is 2.38. The highest BCUT2D eigenvalue weighted by atomic mass is 16.5. The Morgan fingerprint density at radius 2 is 1.63 bits per heavy atom. The minimum Gasteiger partial charge on any atom is -0.872 e. The summed E-state index contributed by atoms with van der Waals surface area (Å²) in [5, 5.41) is 13.2. The first-order valence-corrected chi connectivity index (χ1v) is 10.4. The topological polar surface area (TPSA) is 74.1 Å². The zero-order valence-electron chi connectivity index (χ0n) is 16.9. The molecular formula is C24H26N2O4. The predicted molar refractivity (Wildman–Crippen MR) is 110 cm³/mol. The monoisotopic (exact) mass is 406 g/mol. The third kappa shape index (κ3) is 4.15. The number of carbonyl (C=O) groups is 2. The summed E-state index contributed by atoms with van der Waals surface area (Å²) in [4.78, 5) is 28.8. The second-order valence-corrected chi connectivity index (χ2v) is 7.72. The van der Waals surface area contributed by atoms with E-state index >= 15 is 0 Å². The smallest absolute Gasteiger partial charge is 0.295 e. The van der Waals surface area contributed by atoms with Gasteiger partial charge in [-0.05, 0) is 11.1 Å². The van der Waals surface area contributed by atoms with Crippen LogP contribution in [0.1, 0.15) is 23.6 Å². The second kappa shape index (κ2) is 9.24. The van der Waals surface area contributed by atoms with Crippen LogP contribution in [0.25, 0.3) is 5.76 Å². The van der Waals surface area contributed by atoms with Gasteiger partial charge in [-0.1, -0.05) is 66.4 Å². The molecule has 2 saturated heterocycles.